The molecule has 2 heterocycles. The van der Waals surface area contributed by atoms with Crippen LogP contribution in [0.25, 0.3) is 0 Å². The monoisotopic (exact) mass is 245 g/mol. The second-order valence-electron chi connectivity index (χ2n) is 5.36. The number of anilines is 1. The Morgan fingerprint density at radius 3 is 2.89 bits per heavy atom. The first-order valence-electron chi connectivity index (χ1n) is 7.20. The smallest absolute Gasteiger partial charge is 0.0376 e. The number of rotatable bonds is 4. The predicted molar refractivity (Wildman–Crippen MR) is 76.3 cm³/mol. The minimum absolute atomic E-state index is 1.11. The minimum atomic E-state index is 1.11. The molecule has 2 N–H and O–H groups in total. The van der Waals surface area contributed by atoms with Crippen LogP contribution >= 0.6 is 0 Å². The number of hydrogen-bond acceptors (Lipinski definition) is 3. The number of nitrogens with one attached hydrogen (secondary N) is 2. The first-order chi connectivity index (χ1) is 8.92. The van der Waals surface area contributed by atoms with E-state index in [1.807, 2.05) is 0 Å². The van der Waals surface area contributed by atoms with Crippen LogP contribution in [0, 0.1) is 0 Å². The van der Waals surface area contributed by atoms with E-state index in [-0.39, 0.29) is 0 Å². The lowest BCUT2D eigenvalue weighted by atomic mass is 10.1. The molecule has 3 nitrogen and oxygen atoms in total. The van der Waals surface area contributed by atoms with E-state index >= 15 is 0 Å². The maximum atomic E-state index is 3.46. The zero-order chi connectivity index (χ0) is 12.2. The topological polar surface area (TPSA) is 27.3 Å². The molecule has 3 heteroatoms. The summed E-state index contributed by atoms with van der Waals surface area (Å²) in [6, 6.07) is 6.96. The van der Waals surface area contributed by atoms with Crippen LogP contribution < -0.4 is 10.6 Å². The van der Waals surface area contributed by atoms with Crippen LogP contribution in [0.5, 0.6) is 0 Å². The van der Waals surface area contributed by atoms with Crippen molar-refractivity contribution in [1.29, 1.82) is 0 Å². The molecule has 0 aromatic heterocycles. The van der Waals surface area contributed by atoms with Gasteiger partial charge < -0.3 is 15.5 Å². The summed E-state index contributed by atoms with van der Waals surface area (Å²) in [6.07, 6.45) is 3.67. The van der Waals surface area contributed by atoms with E-state index in [2.05, 4.69) is 33.7 Å². The highest BCUT2D eigenvalue weighted by Gasteiger charge is 2.11. The Morgan fingerprint density at radius 1 is 1.11 bits per heavy atom. The summed E-state index contributed by atoms with van der Waals surface area (Å²) < 4.78 is 0. The van der Waals surface area contributed by atoms with Crippen molar-refractivity contribution in [1.82, 2.24) is 10.2 Å². The van der Waals surface area contributed by atoms with Crippen molar-refractivity contribution < 1.29 is 0 Å². The molecule has 1 fully saturated rings. The predicted octanol–water partition coefficient (Wildman–Crippen LogP) is 1.49. The highest BCUT2D eigenvalue weighted by atomic mass is 15.2. The molecule has 1 aromatic rings. The lowest BCUT2D eigenvalue weighted by Crippen LogP contribution is -2.43. The van der Waals surface area contributed by atoms with Crippen LogP contribution in [0.1, 0.15) is 17.5 Å². The molecule has 18 heavy (non-hydrogen) atoms. The number of fused-ring (bicyclic) bond motifs is 1. The van der Waals surface area contributed by atoms with Gasteiger partial charge in [-0.3, -0.25) is 0 Å². The number of hydrogen-bond donors (Lipinski definition) is 2. The number of benzene rings is 1. The molecule has 98 valence electrons. The number of piperazine rings is 1. The summed E-state index contributed by atoms with van der Waals surface area (Å²) in [5, 5.41) is 6.86. The Kier molecular flexibility index (Phi) is 3.81. The summed E-state index contributed by atoms with van der Waals surface area (Å²) >= 11 is 0. The average Bonchev–Trinajstić information content (AvgIpc) is 2.87. The molecule has 0 radical (unpaired) electrons. The van der Waals surface area contributed by atoms with E-state index in [1.54, 1.807) is 0 Å². The first kappa shape index (κ1) is 12.0. The maximum absolute atomic E-state index is 3.46. The first-order valence-corrected chi connectivity index (χ1v) is 7.20. The van der Waals surface area contributed by atoms with E-state index in [1.165, 1.54) is 55.7 Å². The Balaban J connectivity index is 1.48. The third kappa shape index (κ3) is 2.85. The fourth-order valence-electron chi connectivity index (χ4n) is 2.94. The molecule has 0 amide bonds. The second-order valence-corrected chi connectivity index (χ2v) is 5.36. The van der Waals surface area contributed by atoms with E-state index in [4.69, 9.17) is 0 Å². The normalized spacial score (nSPS) is 19.6. The van der Waals surface area contributed by atoms with Crippen molar-refractivity contribution >= 4 is 5.69 Å². The second kappa shape index (κ2) is 5.72. The van der Waals surface area contributed by atoms with E-state index in [0.717, 1.165) is 19.6 Å². The summed E-state index contributed by atoms with van der Waals surface area (Å²) in [5.74, 6) is 0. The van der Waals surface area contributed by atoms with E-state index in [0.29, 0.717) is 0 Å². The molecule has 0 bridgehead atoms. The SMILES string of the molecule is c1cc2c(cc1CCCN1CCNCC1)NCC2. The Morgan fingerprint density at radius 2 is 2.00 bits per heavy atom. The summed E-state index contributed by atoms with van der Waals surface area (Å²) in [6.45, 7) is 7.09. The maximum Gasteiger partial charge on any atom is 0.0376 e. The fraction of sp³-hybridized carbons (Fsp3) is 0.600. The van der Waals surface area contributed by atoms with E-state index in [9.17, 15) is 0 Å². The van der Waals surface area contributed by atoms with Crippen molar-refractivity contribution in [3.63, 3.8) is 0 Å². The van der Waals surface area contributed by atoms with Gasteiger partial charge in [0.2, 0.25) is 0 Å². The van der Waals surface area contributed by atoms with Gasteiger partial charge in [0.25, 0.3) is 0 Å². The van der Waals surface area contributed by atoms with Crippen LogP contribution in [0.4, 0.5) is 5.69 Å². The van der Waals surface area contributed by atoms with Crippen molar-refractivity contribution in [2.75, 3.05) is 44.6 Å². The van der Waals surface area contributed by atoms with Gasteiger partial charge in [-0.05, 0) is 43.0 Å². The van der Waals surface area contributed by atoms with Gasteiger partial charge >= 0.3 is 0 Å². The Bertz CT molecular complexity index is 397. The molecule has 3 rings (SSSR count). The average molecular weight is 245 g/mol. The Labute approximate surface area is 110 Å². The zero-order valence-corrected chi connectivity index (χ0v) is 11.0. The third-order valence-corrected chi connectivity index (χ3v) is 4.03. The standard InChI is InChI=1S/C15H23N3/c1(9-18-10-7-16-8-11-18)2-13-3-4-14-5-6-17-15(14)12-13/h3-4,12,16-17H,1-2,5-11H2. The molecular weight excluding hydrogens is 222 g/mol. The highest BCUT2D eigenvalue weighted by Crippen LogP contribution is 2.23. The molecule has 0 aliphatic carbocycles. The number of aryl methyl sites for hydroxylation is 1. The summed E-state index contributed by atoms with van der Waals surface area (Å²) in [4.78, 5) is 2.57. The van der Waals surface area contributed by atoms with Gasteiger partial charge in [0.1, 0.15) is 0 Å². The molecule has 0 spiro atoms. The molecule has 0 unspecified atom stereocenters. The van der Waals surface area contributed by atoms with Crippen molar-refractivity contribution in [3.8, 4) is 0 Å². The van der Waals surface area contributed by atoms with Gasteiger partial charge in [-0.2, -0.15) is 0 Å². The largest absolute Gasteiger partial charge is 0.384 e. The van der Waals surface area contributed by atoms with Gasteiger partial charge in [0.15, 0.2) is 0 Å². The van der Waals surface area contributed by atoms with E-state index < -0.39 is 0 Å². The summed E-state index contributed by atoms with van der Waals surface area (Å²) in [5.41, 5.74) is 4.34. The molecular formula is C15H23N3. The van der Waals surface area contributed by atoms with Crippen molar-refractivity contribution in [2.45, 2.75) is 19.3 Å². The molecule has 1 saturated heterocycles. The summed E-state index contributed by atoms with van der Waals surface area (Å²) in [7, 11) is 0. The zero-order valence-electron chi connectivity index (χ0n) is 11.0. The van der Waals surface area contributed by atoms with Crippen molar-refractivity contribution in [3.05, 3.63) is 29.3 Å². The molecule has 2 aliphatic heterocycles. The van der Waals surface area contributed by atoms with Gasteiger partial charge in [0, 0.05) is 38.4 Å². The van der Waals surface area contributed by atoms with Gasteiger partial charge in [-0.15, -0.1) is 0 Å². The van der Waals surface area contributed by atoms with Crippen molar-refractivity contribution in [2.24, 2.45) is 0 Å². The van der Waals surface area contributed by atoms with Gasteiger partial charge in [0.05, 0.1) is 0 Å². The lowest BCUT2D eigenvalue weighted by Gasteiger charge is -2.27. The number of nitrogens with zero attached hydrogens (tertiary/aromatic N) is 1. The third-order valence-electron chi connectivity index (χ3n) is 4.03. The minimum Gasteiger partial charge on any atom is -0.384 e. The molecule has 0 saturated carbocycles. The molecule has 2 aliphatic rings. The van der Waals surface area contributed by atoms with Crippen LogP contribution in [-0.2, 0) is 12.8 Å². The van der Waals surface area contributed by atoms with Crippen LogP contribution in [0.2, 0.25) is 0 Å². The van der Waals surface area contributed by atoms with Crippen LogP contribution in [0.15, 0.2) is 18.2 Å². The molecule has 1 aromatic carbocycles. The quantitative estimate of drug-likeness (QED) is 0.841. The van der Waals surface area contributed by atoms with Crippen LogP contribution in [0.3, 0.4) is 0 Å². The van der Waals surface area contributed by atoms with Gasteiger partial charge in [-0.1, -0.05) is 12.1 Å². The Hall–Kier alpha value is -1.06. The van der Waals surface area contributed by atoms with Gasteiger partial charge in [-0.25, -0.2) is 0 Å². The molecule has 0 atom stereocenters. The highest BCUT2D eigenvalue weighted by molar-refractivity contribution is 5.57. The lowest BCUT2D eigenvalue weighted by molar-refractivity contribution is 0.238. The van der Waals surface area contributed by atoms with Crippen LogP contribution in [-0.4, -0.2) is 44.2 Å². The fourth-order valence-corrected chi connectivity index (χ4v) is 2.94.